The van der Waals surface area contributed by atoms with E-state index in [1.54, 1.807) is 6.20 Å². The van der Waals surface area contributed by atoms with Crippen molar-refractivity contribution in [3.8, 4) is 11.3 Å². The molecule has 0 saturated heterocycles. The summed E-state index contributed by atoms with van der Waals surface area (Å²) in [4.78, 5) is 12.5. The predicted octanol–water partition coefficient (Wildman–Crippen LogP) is 0.736. The van der Waals surface area contributed by atoms with Crippen LogP contribution in [-0.4, -0.2) is 51.0 Å². The maximum Gasteiger partial charge on any atom is 0.129 e. The first kappa shape index (κ1) is 15.1. The number of anilines is 2. The lowest BCUT2D eigenvalue weighted by molar-refractivity contribution is 0.105. The van der Waals surface area contributed by atoms with Gasteiger partial charge in [0.15, 0.2) is 0 Å². The number of rotatable bonds is 7. The zero-order chi connectivity index (χ0) is 15.1. The second kappa shape index (κ2) is 7.51. The quantitative estimate of drug-likeness (QED) is 0.596. The average molecular weight is 289 g/mol. The van der Waals surface area contributed by atoms with Crippen molar-refractivity contribution in [1.29, 1.82) is 0 Å². The van der Waals surface area contributed by atoms with Gasteiger partial charge in [0.1, 0.15) is 18.0 Å². The summed E-state index contributed by atoms with van der Waals surface area (Å²) in [5.41, 5.74) is 1.68. The van der Waals surface area contributed by atoms with Crippen molar-refractivity contribution in [1.82, 2.24) is 15.0 Å². The average Bonchev–Trinajstić information content (AvgIpc) is 2.53. The lowest BCUT2D eigenvalue weighted by Gasteiger charge is -2.10. The predicted molar refractivity (Wildman–Crippen MR) is 81.0 cm³/mol. The van der Waals surface area contributed by atoms with Crippen LogP contribution in [0.2, 0.25) is 0 Å². The fourth-order valence-corrected chi connectivity index (χ4v) is 1.77. The smallest absolute Gasteiger partial charge is 0.129 e. The molecule has 112 valence electrons. The van der Waals surface area contributed by atoms with Crippen molar-refractivity contribution < 1.29 is 10.2 Å². The van der Waals surface area contributed by atoms with Gasteiger partial charge in [-0.1, -0.05) is 0 Å². The van der Waals surface area contributed by atoms with Crippen molar-refractivity contribution in [2.45, 2.75) is 13.0 Å². The highest BCUT2D eigenvalue weighted by atomic mass is 16.3. The van der Waals surface area contributed by atoms with Gasteiger partial charge in [-0.25, -0.2) is 15.0 Å². The molecule has 2 aromatic rings. The Balaban J connectivity index is 2.14. The molecule has 7 heteroatoms. The molecule has 2 aromatic heterocycles. The Bertz CT molecular complexity index is 579. The van der Waals surface area contributed by atoms with E-state index in [1.165, 1.54) is 6.33 Å². The highest BCUT2D eigenvalue weighted by Gasteiger charge is 2.05. The number of aromatic nitrogens is 3. The van der Waals surface area contributed by atoms with Gasteiger partial charge in [-0.15, -0.1) is 0 Å². The molecule has 7 nitrogen and oxygen atoms in total. The van der Waals surface area contributed by atoms with E-state index in [0.29, 0.717) is 5.82 Å². The molecule has 2 rings (SSSR count). The zero-order valence-electron chi connectivity index (χ0n) is 11.8. The molecular formula is C14H19N5O2. The molecule has 0 aliphatic rings. The summed E-state index contributed by atoms with van der Waals surface area (Å²) in [6.07, 6.45) is 2.36. The summed E-state index contributed by atoms with van der Waals surface area (Å²) < 4.78 is 0. The minimum absolute atomic E-state index is 0.235. The first-order valence-electron chi connectivity index (χ1n) is 6.78. The lowest BCUT2D eigenvalue weighted by atomic mass is 10.2. The maximum absolute atomic E-state index is 9.33. The van der Waals surface area contributed by atoms with Crippen molar-refractivity contribution >= 4 is 11.6 Å². The van der Waals surface area contributed by atoms with Crippen LogP contribution in [0.1, 0.15) is 6.92 Å². The topological polar surface area (TPSA) is 103 Å². The molecule has 1 atom stereocenters. The van der Waals surface area contributed by atoms with Crippen LogP contribution < -0.4 is 10.6 Å². The number of nitrogens with zero attached hydrogens (tertiary/aromatic N) is 3. The molecule has 0 aliphatic carbocycles. The summed E-state index contributed by atoms with van der Waals surface area (Å²) in [6, 6.07) is 5.55. The van der Waals surface area contributed by atoms with Crippen molar-refractivity contribution in [2.24, 2.45) is 0 Å². The van der Waals surface area contributed by atoms with E-state index < -0.39 is 6.10 Å². The number of hydrogen-bond acceptors (Lipinski definition) is 7. The summed E-state index contributed by atoms with van der Waals surface area (Å²) in [5, 5.41) is 24.2. The van der Waals surface area contributed by atoms with E-state index in [-0.39, 0.29) is 13.2 Å². The molecule has 0 aliphatic heterocycles. The normalized spacial score (nSPS) is 12.0. The minimum Gasteiger partial charge on any atom is -0.394 e. The zero-order valence-corrected chi connectivity index (χ0v) is 11.8. The molecule has 21 heavy (non-hydrogen) atoms. The molecular weight excluding hydrogens is 270 g/mol. The third-order valence-electron chi connectivity index (χ3n) is 2.81. The van der Waals surface area contributed by atoms with Gasteiger partial charge in [0, 0.05) is 30.9 Å². The first-order valence-corrected chi connectivity index (χ1v) is 6.78. The molecule has 0 amide bonds. The molecule has 0 aromatic carbocycles. The van der Waals surface area contributed by atoms with Crippen LogP contribution in [0.25, 0.3) is 11.3 Å². The van der Waals surface area contributed by atoms with Crippen LogP contribution >= 0.6 is 0 Å². The van der Waals surface area contributed by atoms with Gasteiger partial charge in [0.2, 0.25) is 0 Å². The van der Waals surface area contributed by atoms with Crippen molar-refractivity contribution in [3.05, 3.63) is 30.7 Å². The van der Waals surface area contributed by atoms with Gasteiger partial charge in [0.05, 0.1) is 18.4 Å². The highest BCUT2D eigenvalue weighted by Crippen LogP contribution is 2.20. The van der Waals surface area contributed by atoms with Crippen LogP contribution in [0.5, 0.6) is 0 Å². The van der Waals surface area contributed by atoms with Crippen molar-refractivity contribution in [2.75, 3.05) is 30.3 Å². The van der Waals surface area contributed by atoms with Gasteiger partial charge < -0.3 is 20.8 Å². The van der Waals surface area contributed by atoms with E-state index in [1.807, 2.05) is 25.1 Å². The van der Waals surface area contributed by atoms with Crippen LogP contribution in [0.3, 0.4) is 0 Å². The molecule has 4 N–H and O–H groups in total. The fourth-order valence-electron chi connectivity index (χ4n) is 1.77. The van der Waals surface area contributed by atoms with E-state index in [2.05, 4.69) is 25.6 Å². The van der Waals surface area contributed by atoms with Crippen LogP contribution in [0, 0.1) is 0 Å². The van der Waals surface area contributed by atoms with Crippen LogP contribution in [-0.2, 0) is 0 Å². The number of aliphatic hydroxyl groups excluding tert-OH is 2. The molecule has 0 fully saturated rings. The number of nitrogens with one attached hydrogen (secondary N) is 2. The van der Waals surface area contributed by atoms with Gasteiger partial charge in [-0.3, -0.25) is 0 Å². The van der Waals surface area contributed by atoms with Gasteiger partial charge in [-0.2, -0.15) is 0 Å². The monoisotopic (exact) mass is 289 g/mol. The Kier molecular flexibility index (Phi) is 5.42. The van der Waals surface area contributed by atoms with E-state index >= 15 is 0 Å². The van der Waals surface area contributed by atoms with E-state index in [4.69, 9.17) is 5.11 Å². The van der Waals surface area contributed by atoms with Gasteiger partial charge in [0.25, 0.3) is 0 Å². The van der Waals surface area contributed by atoms with Gasteiger partial charge >= 0.3 is 0 Å². The summed E-state index contributed by atoms with van der Waals surface area (Å²) in [7, 11) is 0. The Morgan fingerprint density at radius 2 is 1.95 bits per heavy atom. The SMILES string of the molecule is CCNc1cc(-c2ccnc(NC[C@H](O)CO)c2)ncn1. The molecule has 0 spiro atoms. The van der Waals surface area contributed by atoms with Gasteiger partial charge in [-0.05, 0) is 19.1 Å². The molecule has 0 unspecified atom stereocenters. The Morgan fingerprint density at radius 1 is 1.14 bits per heavy atom. The molecule has 0 bridgehead atoms. The van der Waals surface area contributed by atoms with Crippen LogP contribution in [0.15, 0.2) is 30.7 Å². The third-order valence-corrected chi connectivity index (χ3v) is 2.81. The Labute approximate surface area is 123 Å². The standard InChI is InChI=1S/C14H19N5O2/c1-2-15-14-6-12(18-9-19-14)10-3-4-16-13(5-10)17-7-11(21)8-20/h3-6,9,11,20-21H,2,7-8H2,1H3,(H,16,17)(H,15,18,19)/t11-/m0/s1. The number of aliphatic hydroxyl groups is 2. The Morgan fingerprint density at radius 3 is 2.71 bits per heavy atom. The highest BCUT2D eigenvalue weighted by molar-refractivity contribution is 5.64. The lowest BCUT2D eigenvalue weighted by Crippen LogP contribution is -2.23. The van der Waals surface area contributed by atoms with Crippen LogP contribution in [0.4, 0.5) is 11.6 Å². The Hall–Kier alpha value is -2.25. The maximum atomic E-state index is 9.33. The molecule has 0 saturated carbocycles. The summed E-state index contributed by atoms with van der Waals surface area (Å²) >= 11 is 0. The molecule has 0 radical (unpaired) electrons. The second-order valence-electron chi connectivity index (χ2n) is 4.47. The number of pyridine rings is 1. The first-order chi connectivity index (χ1) is 10.2. The van der Waals surface area contributed by atoms with E-state index in [0.717, 1.165) is 23.6 Å². The minimum atomic E-state index is -0.810. The van der Waals surface area contributed by atoms with Crippen molar-refractivity contribution in [3.63, 3.8) is 0 Å². The second-order valence-corrected chi connectivity index (χ2v) is 4.47. The molecule has 2 heterocycles. The summed E-state index contributed by atoms with van der Waals surface area (Å²) in [6.45, 7) is 2.74. The van der Waals surface area contributed by atoms with E-state index in [9.17, 15) is 5.11 Å². The third kappa shape index (κ3) is 4.37. The fraction of sp³-hybridized carbons (Fsp3) is 0.357. The number of hydrogen-bond donors (Lipinski definition) is 4. The largest absolute Gasteiger partial charge is 0.394 e. The summed E-state index contributed by atoms with van der Waals surface area (Å²) in [5.74, 6) is 1.38.